The fraction of sp³-hybridized carbons (Fsp3) is 0.190. The van der Waals surface area contributed by atoms with Crippen molar-refractivity contribution in [3.8, 4) is 23.0 Å². The van der Waals surface area contributed by atoms with Crippen LogP contribution in [0.25, 0.3) is 12.2 Å². The minimum atomic E-state index is -0.568. The summed E-state index contributed by atoms with van der Waals surface area (Å²) >= 11 is 0. The number of hydrogen-bond acceptors (Lipinski definition) is 5. The number of phenolic OH excluding ortho intramolecular Hbond substituents is 2. The molecular formula is C21H20O5. The lowest BCUT2D eigenvalue weighted by molar-refractivity contribution is 0.103. The first-order valence-corrected chi connectivity index (χ1v) is 8.14. The number of ether oxygens (including phenoxy) is 2. The zero-order valence-electron chi connectivity index (χ0n) is 14.8. The van der Waals surface area contributed by atoms with Gasteiger partial charge in [-0.05, 0) is 61.9 Å². The van der Waals surface area contributed by atoms with Gasteiger partial charge >= 0.3 is 0 Å². The molecule has 0 bridgehead atoms. The predicted octanol–water partition coefficient (Wildman–Crippen LogP) is 4.19. The quantitative estimate of drug-likeness (QED) is 0.637. The lowest BCUT2D eigenvalue weighted by Crippen LogP contribution is -2.28. The van der Waals surface area contributed by atoms with Gasteiger partial charge in [-0.1, -0.05) is 12.1 Å². The summed E-state index contributed by atoms with van der Waals surface area (Å²) in [6, 6.07) is 7.89. The van der Waals surface area contributed by atoms with Gasteiger partial charge in [-0.15, -0.1) is 0 Å². The van der Waals surface area contributed by atoms with Crippen LogP contribution in [0.15, 0.2) is 42.5 Å². The van der Waals surface area contributed by atoms with Gasteiger partial charge in [0.2, 0.25) is 0 Å². The molecule has 2 aromatic carbocycles. The fourth-order valence-electron chi connectivity index (χ4n) is 2.71. The SMILES string of the molecule is COc1ccc(/C=C/C(=O)c2ccc(O)c3c2OC(C)(C)C=C3)cc1O. The van der Waals surface area contributed by atoms with Crippen molar-refractivity contribution < 1.29 is 24.5 Å². The van der Waals surface area contributed by atoms with E-state index in [1.54, 1.807) is 30.4 Å². The molecule has 0 unspecified atom stereocenters. The molecule has 0 aliphatic carbocycles. The van der Waals surface area contributed by atoms with E-state index in [2.05, 4.69) is 0 Å². The Morgan fingerprint density at radius 3 is 2.62 bits per heavy atom. The Balaban J connectivity index is 1.92. The Kier molecular flexibility index (Phi) is 4.47. The van der Waals surface area contributed by atoms with Crippen molar-refractivity contribution >= 4 is 17.9 Å². The Hall–Kier alpha value is -3.21. The van der Waals surface area contributed by atoms with Crippen LogP contribution in [0.4, 0.5) is 0 Å². The van der Waals surface area contributed by atoms with E-state index in [4.69, 9.17) is 9.47 Å². The maximum absolute atomic E-state index is 12.7. The molecule has 1 aliphatic rings. The number of fused-ring (bicyclic) bond motifs is 1. The van der Waals surface area contributed by atoms with Crippen LogP contribution in [0.2, 0.25) is 0 Å². The van der Waals surface area contributed by atoms with Crippen molar-refractivity contribution in [3.63, 3.8) is 0 Å². The molecule has 26 heavy (non-hydrogen) atoms. The highest BCUT2D eigenvalue weighted by molar-refractivity contribution is 6.09. The summed E-state index contributed by atoms with van der Waals surface area (Å²) in [5.74, 6) is 0.530. The van der Waals surface area contributed by atoms with Crippen LogP contribution in [0, 0.1) is 0 Å². The first-order chi connectivity index (χ1) is 12.3. The van der Waals surface area contributed by atoms with Crippen LogP contribution >= 0.6 is 0 Å². The smallest absolute Gasteiger partial charge is 0.189 e. The summed E-state index contributed by atoms with van der Waals surface area (Å²) in [4.78, 5) is 12.7. The van der Waals surface area contributed by atoms with Gasteiger partial charge in [0.25, 0.3) is 0 Å². The molecule has 3 rings (SSSR count). The van der Waals surface area contributed by atoms with E-state index >= 15 is 0 Å². The zero-order chi connectivity index (χ0) is 18.9. The minimum absolute atomic E-state index is 0.000619. The van der Waals surface area contributed by atoms with E-state index in [9.17, 15) is 15.0 Å². The summed E-state index contributed by atoms with van der Waals surface area (Å²) in [6.45, 7) is 3.75. The number of aromatic hydroxyl groups is 2. The second-order valence-corrected chi connectivity index (χ2v) is 6.54. The molecule has 0 saturated carbocycles. The predicted molar refractivity (Wildman–Crippen MR) is 99.9 cm³/mol. The topological polar surface area (TPSA) is 76.0 Å². The van der Waals surface area contributed by atoms with Crippen molar-refractivity contribution in [1.82, 2.24) is 0 Å². The molecule has 0 aromatic heterocycles. The van der Waals surface area contributed by atoms with Gasteiger partial charge in [0.15, 0.2) is 17.3 Å². The van der Waals surface area contributed by atoms with E-state index in [0.29, 0.717) is 28.2 Å². The van der Waals surface area contributed by atoms with Crippen LogP contribution in [0.5, 0.6) is 23.0 Å². The largest absolute Gasteiger partial charge is 0.507 e. The van der Waals surface area contributed by atoms with Crippen molar-refractivity contribution in [3.05, 3.63) is 59.2 Å². The third-order valence-electron chi connectivity index (χ3n) is 4.09. The number of rotatable bonds is 4. The van der Waals surface area contributed by atoms with Gasteiger partial charge in [-0.2, -0.15) is 0 Å². The molecule has 5 nitrogen and oxygen atoms in total. The maximum Gasteiger partial charge on any atom is 0.189 e. The maximum atomic E-state index is 12.7. The summed E-state index contributed by atoms with van der Waals surface area (Å²) < 4.78 is 10.9. The molecule has 1 aliphatic heterocycles. The Labute approximate surface area is 151 Å². The molecule has 0 amide bonds. The summed E-state index contributed by atoms with van der Waals surface area (Å²) in [6.07, 6.45) is 6.60. The molecule has 0 atom stereocenters. The minimum Gasteiger partial charge on any atom is -0.507 e. The first kappa shape index (κ1) is 17.6. The molecule has 0 fully saturated rings. The summed E-state index contributed by atoms with van der Waals surface area (Å²) in [7, 11) is 1.47. The second kappa shape index (κ2) is 6.59. The van der Waals surface area contributed by atoms with Crippen molar-refractivity contribution in [2.45, 2.75) is 19.4 Å². The van der Waals surface area contributed by atoms with Gasteiger partial charge < -0.3 is 19.7 Å². The first-order valence-electron chi connectivity index (χ1n) is 8.14. The van der Waals surface area contributed by atoms with E-state index < -0.39 is 5.60 Å². The highest BCUT2D eigenvalue weighted by Gasteiger charge is 2.27. The number of methoxy groups -OCH3 is 1. The Morgan fingerprint density at radius 2 is 1.92 bits per heavy atom. The van der Waals surface area contributed by atoms with Crippen LogP contribution in [0.3, 0.4) is 0 Å². The lowest BCUT2D eigenvalue weighted by atomic mass is 9.97. The number of carbonyl (C=O) groups is 1. The number of benzene rings is 2. The van der Waals surface area contributed by atoms with Crippen LogP contribution in [0.1, 0.15) is 35.3 Å². The lowest BCUT2D eigenvalue weighted by Gasteiger charge is -2.29. The summed E-state index contributed by atoms with van der Waals surface area (Å²) in [5.41, 5.74) is 0.946. The molecule has 0 radical (unpaired) electrons. The van der Waals surface area contributed by atoms with Gasteiger partial charge in [0.05, 0.1) is 18.2 Å². The highest BCUT2D eigenvalue weighted by atomic mass is 16.5. The monoisotopic (exact) mass is 352 g/mol. The second-order valence-electron chi connectivity index (χ2n) is 6.54. The number of carbonyl (C=O) groups excluding carboxylic acids is 1. The third-order valence-corrected chi connectivity index (χ3v) is 4.09. The van der Waals surface area contributed by atoms with E-state index in [1.807, 2.05) is 19.9 Å². The van der Waals surface area contributed by atoms with Crippen molar-refractivity contribution in [1.29, 1.82) is 0 Å². The molecular weight excluding hydrogens is 332 g/mol. The van der Waals surface area contributed by atoms with Gasteiger partial charge in [-0.25, -0.2) is 0 Å². The molecule has 1 heterocycles. The van der Waals surface area contributed by atoms with E-state index in [-0.39, 0.29) is 17.3 Å². The fourth-order valence-corrected chi connectivity index (χ4v) is 2.71. The Bertz CT molecular complexity index is 922. The van der Waals surface area contributed by atoms with Gasteiger partial charge in [0, 0.05) is 0 Å². The van der Waals surface area contributed by atoms with Crippen molar-refractivity contribution in [2.75, 3.05) is 7.11 Å². The molecule has 0 spiro atoms. The average Bonchev–Trinajstić information content (AvgIpc) is 2.59. The van der Waals surface area contributed by atoms with Gasteiger partial charge in [0.1, 0.15) is 17.1 Å². The van der Waals surface area contributed by atoms with Crippen LogP contribution < -0.4 is 9.47 Å². The van der Waals surface area contributed by atoms with Crippen molar-refractivity contribution in [2.24, 2.45) is 0 Å². The Morgan fingerprint density at radius 1 is 1.15 bits per heavy atom. The number of ketones is 1. The van der Waals surface area contributed by atoms with E-state index in [0.717, 1.165) is 0 Å². The molecule has 2 N–H and O–H groups in total. The van der Waals surface area contributed by atoms with Gasteiger partial charge in [-0.3, -0.25) is 4.79 Å². The molecule has 0 saturated heterocycles. The molecule has 2 aromatic rings. The highest BCUT2D eigenvalue weighted by Crippen LogP contribution is 2.39. The molecule has 5 heteroatoms. The van der Waals surface area contributed by atoms with Crippen LogP contribution in [-0.4, -0.2) is 28.7 Å². The number of allylic oxidation sites excluding steroid dienone is 1. The molecule has 134 valence electrons. The third kappa shape index (κ3) is 3.42. The van der Waals surface area contributed by atoms with Crippen LogP contribution in [-0.2, 0) is 0 Å². The van der Waals surface area contributed by atoms with E-state index in [1.165, 1.54) is 25.3 Å². The number of phenols is 2. The average molecular weight is 352 g/mol. The number of hydrogen-bond donors (Lipinski definition) is 2. The normalized spacial score (nSPS) is 14.7. The standard InChI is InChI=1S/C21H20O5/c1-21(2)11-10-15-17(23)8-6-14(20(15)26-21)16(22)7-4-13-5-9-19(25-3)18(24)12-13/h4-12,23-24H,1-3H3/b7-4+. The summed E-state index contributed by atoms with van der Waals surface area (Å²) in [5, 5.41) is 19.8. The zero-order valence-corrected chi connectivity index (χ0v) is 14.8.